The maximum atomic E-state index is 12.4. The molecule has 0 bridgehead atoms. The summed E-state index contributed by atoms with van der Waals surface area (Å²) < 4.78 is 0. The summed E-state index contributed by atoms with van der Waals surface area (Å²) in [6, 6.07) is 10.2. The fourth-order valence-corrected chi connectivity index (χ4v) is 5.10. The number of amides is 1. The number of thiophene rings is 1. The lowest BCUT2D eigenvalue weighted by Crippen LogP contribution is -2.19. The van der Waals surface area contributed by atoms with Crippen LogP contribution in [0.3, 0.4) is 0 Å². The summed E-state index contributed by atoms with van der Waals surface area (Å²) in [5.41, 5.74) is 7.74. The van der Waals surface area contributed by atoms with E-state index in [0.717, 1.165) is 44.5 Å². The van der Waals surface area contributed by atoms with Gasteiger partial charge in [0.1, 0.15) is 5.65 Å². The van der Waals surface area contributed by atoms with Gasteiger partial charge in [-0.3, -0.25) is 14.9 Å². The Morgan fingerprint density at radius 2 is 1.86 bits per heavy atom. The first-order chi connectivity index (χ1) is 17.8. The van der Waals surface area contributed by atoms with Crippen LogP contribution in [0.4, 0.5) is 5.69 Å². The van der Waals surface area contributed by atoms with Crippen molar-refractivity contribution in [3.8, 4) is 33.6 Å². The van der Waals surface area contributed by atoms with Crippen LogP contribution in [-0.4, -0.2) is 36.0 Å². The molecule has 3 N–H and O–H groups in total. The Kier molecular flexibility index (Phi) is 5.57. The number of carbonyl (C=O) groups is 1. The molecule has 0 saturated carbocycles. The number of carbonyl (C=O) groups excluding carboxylic acids is 1. The number of rotatable bonds is 5. The van der Waals surface area contributed by atoms with E-state index in [1.165, 1.54) is 5.56 Å². The predicted molar refractivity (Wildman–Crippen MR) is 148 cm³/mol. The number of hydrogen-bond acceptors (Lipinski definition) is 6. The van der Waals surface area contributed by atoms with Crippen LogP contribution in [0, 0.1) is 5.41 Å². The van der Waals surface area contributed by atoms with Gasteiger partial charge in [0, 0.05) is 46.9 Å². The fourth-order valence-electron chi connectivity index (χ4n) is 4.45. The minimum Gasteiger partial charge on any atom is -0.338 e. The second kappa shape index (κ2) is 8.94. The van der Waals surface area contributed by atoms with Gasteiger partial charge in [0.05, 0.1) is 23.3 Å². The van der Waals surface area contributed by atoms with Gasteiger partial charge in [0.2, 0.25) is 5.91 Å². The van der Waals surface area contributed by atoms with Crippen molar-refractivity contribution in [2.75, 3.05) is 5.32 Å². The van der Waals surface area contributed by atoms with Crippen LogP contribution in [0.15, 0.2) is 65.9 Å². The van der Waals surface area contributed by atoms with E-state index in [9.17, 15) is 4.79 Å². The van der Waals surface area contributed by atoms with E-state index in [2.05, 4.69) is 58.3 Å². The molecule has 6 rings (SSSR count). The van der Waals surface area contributed by atoms with Crippen LogP contribution >= 0.6 is 11.3 Å². The molecule has 184 valence electrons. The second-order valence-corrected chi connectivity index (χ2v) is 11.0. The highest BCUT2D eigenvalue weighted by Crippen LogP contribution is 2.34. The molecule has 0 unspecified atom stereocenters. The van der Waals surface area contributed by atoms with Gasteiger partial charge in [-0.25, -0.2) is 9.97 Å². The van der Waals surface area contributed by atoms with E-state index < -0.39 is 0 Å². The number of pyridine rings is 3. The monoisotopic (exact) mass is 507 g/mol. The van der Waals surface area contributed by atoms with Crippen LogP contribution in [0.25, 0.3) is 55.7 Å². The lowest BCUT2D eigenvalue weighted by molar-refractivity contribution is -0.117. The molecule has 0 aromatic carbocycles. The Bertz CT molecular complexity index is 1740. The highest BCUT2D eigenvalue weighted by molar-refractivity contribution is 7.08. The summed E-state index contributed by atoms with van der Waals surface area (Å²) in [7, 11) is 0. The average Bonchev–Trinajstić information content (AvgIpc) is 3.61. The number of fused-ring (bicyclic) bond motifs is 2. The molecule has 0 spiro atoms. The van der Waals surface area contributed by atoms with E-state index in [4.69, 9.17) is 0 Å². The van der Waals surface area contributed by atoms with E-state index in [-0.39, 0.29) is 11.3 Å². The normalized spacial score (nSPS) is 11.9. The van der Waals surface area contributed by atoms with Crippen molar-refractivity contribution in [1.29, 1.82) is 0 Å². The van der Waals surface area contributed by atoms with Gasteiger partial charge >= 0.3 is 0 Å². The summed E-state index contributed by atoms with van der Waals surface area (Å²) in [5, 5.41) is 16.6. The number of H-pyrrole nitrogens is 2. The minimum atomic E-state index is -0.0929. The first-order valence-electron chi connectivity index (χ1n) is 11.9. The second-order valence-electron chi connectivity index (χ2n) is 10.3. The average molecular weight is 508 g/mol. The van der Waals surface area contributed by atoms with Gasteiger partial charge in [-0.05, 0) is 57.6 Å². The Labute approximate surface area is 217 Å². The quantitative estimate of drug-likeness (QED) is 0.241. The van der Waals surface area contributed by atoms with Crippen molar-refractivity contribution in [3.05, 3.63) is 65.9 Å². The van der Waals surface area contributed by atoms with Crippen LogP contribution in [0.5, 0.6) is 0 Å². The third-order valence-electron chi connectivity index (χ3n) is 6.09. The van der Waals surface area contributed by atoms with E-state index in [0.29, 0.717) is 17.8 Å². The Hall–Kier alpha value is -4.37. The first-order valence-corrected chi connectivity index (χ1v) is 12.9. The van der Waals surface area contributed by atoms with Crippen molar-refractivity contribution in [2.24, 2.45) is 5.41 Å². The highest BCUT2D eigenvalue weighted by atomic mass is 32.1. The smallest absolute Gasteiger partial charge is 0.224 e. The number of aromatic nitrogens is 6. The van der Waals surface area contributed by atoms with Gasteiger partial charge in [0.25, 0.3) is 0 Å². The Morgan fingerprint density at radius 3 is 2.68 bits per heavy atom. The summed E-state index contributed by atoms with van der Waals surface area (Å²) in [4.78, 5) is 29.3. The van der Waals surface area contributed by atoms with Gasteiger partial charge in [-0.1, -0.05) is 20.8 Å². The summed E-state index contributed by atoms with van der Waals surface area (Å²) in [5.74, 6) is -0.0358. The van der Waals surface area contributed by atoms with Crippen LogP contribution < -0.4 is 5.32 Å². The molecule has 0 saturated heterocycles. The summed E-state index contributed by atoms with van der Waals surface area (Å²) >= 11 is 1.67. The number of nitrogens with zero attached hydrogens (tertiary/aromatic N) is 4. The zero-order valence-corrected chi connectivity index (χ0v) is 21.5. The molecule has 1 amide bonds. The third kappa shape index (κ3) is 4.61. The van der Waals surface area contributed by atoms with Crippen molar-refractivity contribution in [1.82, 2.24) is 30.1 Å². The lowest BCUT2D eigenvalue weighted by Gasteiger charge is -2.17. The maximum Gasteiger partial charge on any atom is 0.224 e. The Balaban J connectivity index is 1.36. The van der Waals surface area contributed by atoms with Crippen LogP contribution in [-0.2, 0) is 4.79 Å². The van der Waals surface area contributed by atoms with Gasteiger partial charge in [0.15, 0.2) is 5.65 Å². The standard InChI is InChI=1S/C28H25N7OS/c1-28(2,3)11-24(36)32-19-8-17(12-29-14-19)18-9-22-25(34-35-27(22)31-13-18)23-10-21-20(16-5-7-37-15-16)4-6-30-26(21)33-23/h4-10,12-15H,11H2,1-3H3,(H,30,33)(H,32,36)(H,31,34,35). The number of nitrogens with one attached hydrogen (secondary N) is 3. The molecule has 6 heterocycles. The van der Waals surface area contributed by atoms with Crippen molar-refractivity contribution in [2.45, 2.75) is 27.2 Å². The molecule has 0 atom stereocenters. The number of hydrogen-bond donors (Lipinski definition) is 3. The molecule has 0 fully saturated rings. The van der Waals surface area contributed by atoms with Gasteiger partial charge in [-0.2, -0.15) is 16.4 Å². The molecule has 37 heavy (non-hydrogen) atoms. The van der Waals surface area contributed by atoms with E-state index in [1.54, 1.807) is 29.9 Å². The van der Waals surface area contributed by atoms with Crippen LogP contribution in [0.2, 0.25) is 0 Å². The molecular formula is C28H25N7OS. The highest BCUT2D eigenvalue weighted by Gasteiger charge is 2.17. The molecule has 8 nitrogen and oxygen atoms in total. The fraction of sp³-hybridized carbons (Fsp3) is 0.179. The molecule has 0 aliphatic carbocycles. The van der Waals surface area contributed by atoms with Crippen molar-refractivity contribution in [3.63, 3.8) is 0 Å². The SMILES string of the molecule is CC(C)(C)CC(=O)Nc1cncc(-c2cnc3n[nH]c(-c4cc5c(-c6ccsc6)ccnc5[nH]4)c3c2)c1. The molecule has 9 heteroatoms. The topological polar surface area (TPSA) is 112 Å². The van der Waals surface area contributed by atoms with E-state index in [1.807, 2.05) is 45.2 Å². The third-order valence-corrected chi connectivity index (χ3v) is 6.77. The summed E-state index contributed by atoms with van der Waals surface area (Å²) in [6.07, 6.45) is 7.44. The molecule has 6 aromatic rings. The molecule has 0 aliphatic rings. The number of anilines is 1. The predicted octanol–water partition coefficient (Wildman–Crippen LogP) is 6.67. The zero-order chi connectivity index (χ0) is 25.6. The summed E-state index contributed by atoms with van der Waals surface area (Å²) in [6.45, 7) is 6.12. The molecule has 0 radical (unpaired) electrons. The van der Waals surface area contributed by atoms with Crippen molar-refractivity contribution < 1.29 is 4.79 Å². The van der Waals surface area contributed by atoms with Gasteiger partial charge < -0.3 is 10.3 Å². The van der Waals surface area contributed by atoms with E-state index >= 15 is 0 Å². The maximum absolute atomic E-state index is 12.4. The number of aromatic amines is 2. The first kappa shape index (κ1) is 23.1. The zero-order valence-electron chi connectivity index (χ0n) is 20.7. The largest absolute Gasteiger partial charge is 0.338 e. The van der Waals surface area contributed by atoms with Crippen LogP contribution in [0.1, 0.15) is 27.2 Å². The molecule has 6 aromatic heterocycles. The Morgan fingerprint density at radius 1 is 1.00 bits per heavy atom. The van der Waals surface area contributed by atoms with Crippen molar-refractivity contribution >= 4 is 45.0 Å². The lowest BCUT2D eigenvalue weighted by atomic mass is 9.92. The van der Waals surface area contributed by atoms with Gasteiger partial charge in [-0.15, -0.1) is 0 Å². The minimum absolute atomic E-state index is 0.0358. The molecular weight excluding hydrogens is 482 g/mol. The molecule has 0 aliphatic heterocycles.